The maximum Gasteiger partial charge on any atom is 0.322 e. The zero-order valence-electron chi connectivity index (χ0n) is 13.7. The molecule has 1 fully saturated rings. The number of amides is 2. The average Bonchev–Trinajstić information content (AvgIpc) is 3.10. The van der Waals surface area contributed by atoms with E-state index in [0.29, 0.717) is 12.2 Å². The van der Waals surface area contributed by atoms with Gasteiger partial charge in [0.05, 0.1) is 21.7 Å². The van der Waals surface area contributed by atoms with Gasteiger partial charge in [-0.1, -0.05) is 11.6 Å². The summed E-state index contributed by atoms with van der Waals surface area (Å²) in [5, 5.41) is 9.79. The molecule has 134 valence electrons. The number of likely N-dealkylation sites (tertiary alicyclic amines) is 1. The third-order valence-electron chi connectivity index (χ3n) is 4.23. The molecule has 0 spiro atoms. The summed E-state index contributed by atoms with van der Waals surface area (Å²) in [5.74, 6) is 0. The first-order valence-corrected chi connectivity index (χ1v) is 10.2. The number of urea groups is 1. The predicted octanol–water partition coefficient (Wildman–Crippen LogP) is 3.23. The van der Waals surface area contributed by atoms with E-state index in [0.717, 1.165) is 31.2 Å². The summed E-state index contributed by atoms with van der Waals surface area (Å²) in [6.07, 6.45) is 5.56. The number of carbonyl (C=O) groups is 1. The van der Waals surface area contributed by atoms with E-state index in [1.807, 2.05) is 6.07 Å². The summed E-state index contributed by atoms with van der Waals surface area (Å²) in [5.41, 5.74) is 1.28. The largest absolute Gasteiger partial charge is 0.322 e. The molecule has 1 aliphatic heterocycles. The Balaban J connectivity index is 1.81. The molecule has 2 N–H and O–H groups in total. The number of nitrogens with one attached hydrogen (secondary N) is 2. The molecule has 1 aliphatic rings. The monoisotopic (exact) mass is 382 g/mol. The molecule has 3 rings (SSSR count). The van der Waals surface area contributed by atoms with Gasteiger partial charge in [0.1, 0.15) is 0 Å². The van der Waals surface area contributed by atoms with Crippen LogP contribution in [0.4, 0.5) is 10.5 Å². The van der Waals surface area contributed by atoms with Crippen LogP contribution in [0.2, 0.25) is 5.02 Å². The summed E-state index contributed by atoms with van der Waals surface area (Å²) in [6.45, 7) is 0.627. The van der Waals surface area contributed by atoms with Crippen LogP contribution >= 0.6 is 11.6 Å². The Hall–Kier alpha value is -2.06. The normalized spacial score (nSPS) is 18.2. The number of hydrogen-bond donors (Lipinski definition) is 2. The number of benzene rings is 1. The van der Waals surface area contributed by atoms with Crippen molar-refractivity contribution < 1.29 is 13.2 Å². The van der Waals surface area contributed by atoms with Crippen molar-refractivity contribution in [2.75, 3.05) is 18.1 Å². The van der Waals surface area contributed by atoms with Crippen LogP contribution in [0.1, 0.15) is 31.0 Å². The Bertz CT molecular complexity index is 868. The van der Waals surface area contributed by atoms with Crippen LogP contribution in [-0.2, 0) is 9.84 Å². The molecule has 0 bridgehead atoms. The zero-order valence-corrected chi connectivity index (χ0v) is 15.3. The van der Waals surface area contributed by atoms with Crippen LogP contribution < -0.4 is 5.32 Å². The smallest absolute Gasteiger partial charge is 0.316 e. The van der Waals surface area contributed by atoms with E-state index < -0.39 is 9.84 Å². The number of H-pyrrole nitrogens is 1. The van der Waals surface area contributed by atoms with Gasteiger partial charge in [-0.25, -0.2) is 13.2 Å². The van der Waals surface area contributed by atoms with Crippen LogP contribution in [0.5, 0.6) is 0 Å². The van der Waals surface area contributed by atoms with Gasteiger partial charge in [-0.05, 0) is 43.5 Å². The molecule has 0 saturated carbocycles. The number of carbonyl (C=O) groups excluding carboxylic acids is 1. The van der Waals surface area contributed by atoms with Crippen LogP contribution in [0, 0.1) is 0 Å². The molecule has 2 heterocycles. The molecule has 1 aromatic heterocycles. The summed E-state index contributed by atoms with van der Waals surface area (Å²) in [6, 6.07) is 5.95. The van der Waals surface area contributed by atoms with Gasteiger partial charge in [0.25, 0.3) is 0 Å². The van der Waals surface area contributed by atoms with Gasteiger partial charge >= 0.3 is 6.03 Å². The highest BCUT2D eigenvalue weighted by Crippen LogP contribution is 2.31. The van der Waals surface area contributed by atoms with Crippen molar-refractivity contribution in [2.24, 2.45) is 0 Å². The van der Waals surface area contributed by atoms with Crippen LogP contribution in [0.25, 0.3) is 0 Å². The third kappa shape index (κ3) is 3.96. The van der Waals surface area contributed by atoms with E-state index in [1.165, 1.54) is 12.1 Å². The Morgan fingerprint density at radius 2 is 2.16 bits per heavy atom. The number of nitrogens with zero attached hydrogens (tertiary/aromatic N) is 2. The molecule has 25 heavy (non-hydrogen) atoms. The van der Waals surface area contributed by atoms with E-state index in [2.05, 4.69) is 15.5 Å². The topological polar surface area (TPSA) is 95.2 Å². The van der Waals surface area contributed by atoms with Gasteiger partial charge in [-0.2, -0.15) is 5.10 Å². The molecular formula is C16H19ClN4O3S. The highest BCUT2D eigenvalue weighted by atomic mass is 35.5. The number of piperidine rings is 1. The minimum Gasteiger partial charge on any atom is -0.316 e. The average molecular weight is 383 g/mol. The second-order valence-electron chi connectivity index (χ2n) is 6.06. The fraction of sp³-hybridized carbons (Fsp3) is 0.375. The molecule has 9 heteroatoms. The lowest BCUT2D eigenvalue weighted by Crippen LogP contribution is -2.41. The van der Waals surface area contributed by atoms with Crippen molar-refractivity contribution in [3.63, 3.8) is 0 Å². The molecular weight excluding hydrogens is 364 g/mol. The first kappa shape index (κ1) is 17.8. The van der Waals surface area contributed by atoms with Gasteiger partial charge in [-0.15, -0.1) is 0 Å². The first-order chi connectivity index (χ1) is 11.9. The van der Waals surface area contributed by atoms with Crippen LogP contribution in [0.15, 0.2) is 35.4 Å². The summed E-state index contributed by atoms with van der Waals surface area (Å²) >= 11 is 5.94. The van der Waals surface area contributed by atoms with Gasteiger partial charge in [0.15, 0.2) is 9.84 Å². The van der Waals surface area contributed by atoms with Gasteiger partial charge < -0.3 is 10.2 Å². The maximum atomic E-state index is 12.7. The number of anilines is 1. The van der Waals surface area contributed by atoms with E-state index in [4.69, 9.17) is 11.6 Å². The molecule has 2 aromatic rings. The molecule has 1 aromatic carbocycles. The summed E-state index contributed by atoms with van der Waals surface area (Å²) in [7, 11) is -3.47. The number of sulfone groups is 1. The standard InChI is InChI=1S/C16H19ClN4O3S/c1-25(23,24)15-10-11(5-6-12(15)17)19-16(22)21-9-3-2-4-14(21)13-7-8-18-20-13/h5-8,10,14H,2-4,9H2,1H3,(H,18,20)(H,19,22). The fourth-order valence-electron chi connectivity index (χ4n) is 3.01. The molecule has 0 aliphatic carbocycles. The SMILES string of the molecule is CS(=O)(=O)c1cc(NC(=O)N2CCCCC2c2ccn[nH]2)ccc1Cl. The molecule has 0 radical (unpaired) electrons. The zero-order chi connectivity index (χ0) is 18.0. The van der Waals surface area contributed by atoms with Gasteiger partial charge in [-0.3, -0.25) is 5.10 Å². The predicted molar refractivity (Wildman–Crippen MR) is 95.5 cm³/mol. The number of aromatic amines is 1. The minimum absolute atomic E-state index is 0.00395. The number of rotatable bonds is 3. The minimum atomic E-state index is -3.47. The van der Waals surface area contributed by atoms with Crippen LogP contribution in [0.3, 0.4) is 0 Å². The lowest BCUT2D eigenvalue weighted by molar-refractivity contribution is 0.161. The van der Waals surface area contributed by atoms with Crippen molar-refractivity contribution in [3.05, 3.63) is 41.2 Å². The Morgan fingerprint density at radius 1 is 1.36 bits per heavy atom. The number of aromatic nitrogens is 2. The highest BCUT2D eigenvalue weighted by molar-refractivity contribution is 7.90. The quantitative estimate of drug-likeness (QED) is 0.851. The molecule has 7 nitrogen and oxygen atoms in total. The van der Waals surface area contributed by atoms with Crippen molar-refractivity contribution in [3.8, 4) is 0 Å². The summed E-state index contributed by atoms with van der Waals surface area (Å²) < 4.78 is 23.6. The van der Waals surface area contributed by atoms with E-state index >= 15 is 0 Å². The molecule has 2 amide bonds. The molecule has 1 atom stereocenters. The van der Waals surface area contributed by atoms with E-state index in [1.54, 1.807) is 17.2 Å². The Labute approximate surface area is 151 Å². The molecule has 1 unspecified atom stereocenters. The second kappa shape index (κ2) is 7.05. The summed E-state index contributed by atoms with van der Waals surface area (Å²) in [4.78, 5) is 14.5. The Kier molecular flexibility index (Phi) is 5.01. The lowest BCUT2D eigenvalue weighted by Gasteiger charge is -2.35. The number of hydrogen-bond acceptors (Lipinski definition) is 4. The number of halogens is 1. The Morgan fingerprint density at radius 3 is 2.84 bits per heavy atom. The van der Waals surface area contributed by atoms with Crippen molar-refractivity contribution in [1.82, 2.24) is 15.1 Å². The molecule has 1 saturated heterocycles. The third-order valence-corrected chi connectivity index (χ3v) is 5.81. The highest BCUT2D eigenvalue weighted by Gasteiger charge is 2.29. The van der Waals surface area contributed by atoms with Crippen molar-refractivity contribution >= 4 is 33.2 Å². The second-order valence-corrected chi connectivity index (χ2v) is 8.46. The lowest BCUT2D eigenvalue weighted by atomic mass is 10.00. The van der Waals surface area contributed by atoms with Crippen LogP contribution in [-0.4, -0.2) is 42.3 Å². The van der Waals surface area contributed by atoms with Gasteiger partial charge in [0.2, 0.25) is 0 Å². The van der Waals surface area contributed by atoms with Gasteiger partial charge in [0, 0.05) is 24.7 Å². The van der Waals surface area contributed by atoms with E-state index in [-0.39, 0.29) is 22.0 Å². The van der Waals surface area contributed by atoms with E-state index in [9.17, 15) is 13.2 Å². The fourth-order valence-corrected chi connectivity index (χ4v) is 4.31. The van der Waals surface area contributed by atoms with Crippen molar-refractivity contribution in [2.45, 2.75) is 30.2 Å². The first-order valence-electron chi connectivity index (χ1n) is 7.93. The maximum absolute atomic E-state index is 12.7. The van der Waals surface area contributed by atoms with Crippen molar-refractivity contribution in [1.29, 1.82) is 0 Å².